The SMILES string of the molecule is CCOC(=O)CCC(=O)N1CCN(c2nc([C@H](C)CC)nc3sc4c(c23)CC[C@H](C)C4)CC1. The van der Waals surface area contributed by atoms with Gasteiger partial charge in [0.15, 0.2) is 0 Å². The van der Waals surface area contributed by atoms with E-state index in [2.05, 4.69) is 25.7 Å². The largest absolute Gasteiger partial charge is 0.466 e. The Labute approximate surface area is 200 Å². The van der Waals surface area contributed by atoms with Crippen LogP contribution in [0.1, 0.15) is 75.6 Å². The number of aromatic nitrogens is 2. The molecule has 180 valence electrons. The van der Waals surface area contributed by atoms with Crippen molar-refractivity contribution in [3.63, 3.8) is 0 Å². The van der Waals surface area contributed by atoms with Gasteiger partial charge < -0.3 is 14.5 Å². The van der Waals surface area contributed by atoms with Crippen LogP contribution < -0.4 is 4.90 Å². The predicted molar refractivity (Wildman–Crippen MR) is 132 cm³/mol. The van der Waals surface area contributed by atoms with E-state index in [1.165, 1.54) is 22.2 Å². The number of hydrogen-bond acceptors (Lipinski definition) is 7. The fraction of sp³-hybridized carbons (Fsp3) is 0.680. The number of rotatable bonds is 7. The zero-order valence-electron chi connectivity index (χ0n) is 20.4. The molecule has 1 saturated heterocycles. The number of anilines is 1. The maximum atomic E-state index is 12.6. The summed E-state index contributed by atoms with van der Waals surface area (Å²) in [6.07, 6.45) is 4.82. The smallest absolute Gasteiger partial charge is 0.306 e. The van der Waals surface area contributed by atoms with Crippen molar-refractivity contribution >= 4 is 39.2 Å². The Balaban J connectivity index is 1.54. The van der Waals surface area contributed by atoms with Crippen molar-refractivity contribution in [1.82, 2.24) is 14.9 Å². The van der Waals surface area contributed by atoms with Gasteiger partial charge in [0.2, 0.25) is 5.91 Å². The van der Waals surface area contributed by atoms with Gasteiger partial charge in [-0.25, -0.2) is 9.97 Å². The number of esters is 1. The number of thiophene rings is 1. The van der Waals surface area contributed by atoms with Gasteiger partial charge in [0.1, 0.15) is 16.5 Å². The third kappa shape index (κ3) is 5.15. The Bertz CT molecular complexity index is 1010. The Morgan fingerprint density at radius 2 is 1.91 bits per heavy atom. The van der Waals surface area contributed by atoms with Gasteiger partial charge in [-0.3, -0.25) is 9.59 Å². The molecule has 2 aromatic rings. The first-order valence-electron chi connectivity index (χ1n) is 12.4. The monoisotopic (exact) mass is 472 g/mol. The minimum Gasteiger partial charge on any atom is -0.466 e. The molecule has 0 spiro atoms. The van der Waals surface area contributed by atoms with E-state index in [0.29, 0.717) is 25.6 Å². The number of nitrogens with zero attached hydrogens (tertiary/aromatic N) is 4. The number of ether oxygens (including phenoxy) is 1. The molecule has 0 aromatic carbocycles. The normalized spacial score (nSPS) is 19.5. The van der Waals surface area contributed by atoms with Crippen LogP contribution in [-0.4, -0.2) is 59.5 Å². The highest BCUT2D eigenvalue weighted by molar-refractivity contribution is 7.19. The number of fused-ring (bicyclic) bond motifs is 3. The number of hydrogen-bond donors (Lipinski definition) is 0. The van der Waals surface area contributed by atoms with E-state index in [0.717, 1.165) is 54.7 Å². The fourth-order valence-electron chi connectivity index (χ4n) is 4.74. The summed E-state index contributed by atoms with van der Waals surface area (Å²) in [5.41, 5.74) is 1.45. The lowest BCUT2D eigenvalue weighted by Crippen LogP contribution is -2.49. The summed E-state index contributed by atoms with van der Waals surface area (Å²) in [6.45, 7) is 11.6. The van der Waals surface area contributed by atoms with Crippen molar-refractivity contribution in [2.75, 3.05) is 37.7 Å². The zero-order chi connectivity index (χ0) is 23.5. The van der Waals surface area contributed by atoms with E-state index >= 15 is 0 Å². The van der Waals surface area contributed by atoms with Gasteiger partial charge in [0.05, 0.1) is 18.4 Å². The average Bonchev–Trinajstić information content (AvgIpc) is 3.19. The molecule has 0 unspecified atom stereocenters. The summed E-state index contributed by atoms with van der Waals surface area (Å²) >= 11 is 1.86. The van der Waals surface area contributed by atoms with Crippen LogP contribution in [0.4, 0.5) is 5.82 Å². The second kappa shape index (κ2) is 10.4. The van der Waals surface area contributed by atoms with Gasteiger partial charge in [0.25, 0.3) is 0 Å². The highest BCUT2D eigenvalue weighted by Crippen LogP contribution is 2.41. The summed E-state index contributed by atoms with van der Waals surface area (Å²) < 4.78 is 4.95. The summed E-state index contributed by atoms with van der Waals surface area (Å²) in [7, 11) is 0. The van der Waals surface area contributed by atoms with Crippen LogP contribution in [0, 0.1) is 5.92 Å². The van der Waals surface area contributed by atoms with Crippen molar-refractivity contribution < 1.29 is 14.3 Å². The molecule has 0 radical (unpaired) electrons. The van der Waals surface area contributed by atoms with Crippen LogP contribution in [-0.2, 0) is 27.2 Å². The number of aryl methyl sites for hydroxylation is 1. The highest BCUT2D eigenvalue weighted by atomic mass is 32.1. The molecule has 2 atom stereocenters. The van der Waals surface area contributed by atoms with Crippen LogP contribution in [0.15, 0.2) is 0 Å². The fourth-order valence-corrected chi connectivity index (χ4v) is 6.12. The molecular formula is C25H36N4O3S. The lowest BCUT2D eigenvalue weighted by Gasteiger charge is -2.36. The molecule has 0 saturated carbocycles. The van der Waals surface area contributed by atoms with Crippen molar-refractivity contribution in [1.29, 1.82) is 0 Å². The van der Waals surface area contributed by atoms with Gasteiger partial charge in [0, 0.05) is 43.4 Å². The van der Waals surface area contributed by atoms with Crippen molar-refractivity contribution in [2.24, 2.45) is 5.92 Å². The molecular weight excluding hydrogens is 436 g/mol. The molecule has 4 rings (SSSR count). The van der Waals surface area contributed by atoms with Gasteiger partial charge in [-0.1, -0.05) is 20.8 Å². The molecule has 1 amide bonds. The summed E-state index contributed by atoms with van der Waals surface area (Å²) in [5.74, 6) is 2.75. The first-order chi connectivity index (χ1) is 15.9. The van der Waals surface area contributed by atoms with E-state index in [4.69, 9.17) is 14.7 Å². The Morgan fingerprint density at radius 3 is 2.61 bits per heavy atom. The lowest BCUT2D eigenvalue weighted by atomic mass is 9.89. The molecule has 2 aliphatic rings. The van der Waals surface area contributed by atoms with Crippen LogP contribution in [0.5, 0.6) is 0 Å². The molecule has 8 heteroatoms. The van der Waals surface area contributed by atoms with Crippen LogP contribution >= 0.6 is 11.3 Å². The van der Waals surface area contributed by atoms with E-state index in [9.17, 15) is 9.59 Å². The Kier molecular flexibility index (Phi) is 7.51. The van der Waals surface area contributed by atoms with E-state index in [-0.39, 0.29) is 24.7 Å². The molecule has 1 aliphatic carbocycles. The van der Waals surface area contributed by atoms with Gasteiger partial charge in [-0.2, -0.15) is 0 Å². The van der Waals surface area contributed by atoms with Crippen molar-refractivity contribution in [2.45, 2.75) is 72.1 Å². The van der Waals surface area contributed by atoms with Crippen LogP contribution in [0.2, 0.25) is 0 Å². The molecule has 0 bridgehead atoms. The maximum absolute atomic E-state index is 12.6. The van der Waals surface area contributed by atoms with Gasteiger partial charge in [-0.05, 0) is 44.1 Å². The quantitative estimate of drug-likeness (QED) is 0.559. The highest BCUT2D eigenvalue weighted by Gasteiger charge is 2.29. The zero-order valence-corrected chi connectivity index (χ0v) is 21.2. The first kappa shape index (κ1) is 23.9. The second-order valence-electron chi connectivity index (χ2n) is 9.42. The first-order valence-corrected chi connectivity index (χ1v) is 13.2. The Morgan fingerprint density at radius 1 is 1.15 bits per heavy atom. The molecule has 7 nitrogen and oxygen atoms in total. The third-order valence-corrected chi connectivity index (χ3v) is 8.13. The van der Waals surface area contributed by atoms with Gasteiger partial charge >= 0.3 is 5.97 Å². The molecule has 0 N–H and O–H groups in total. The molecule has 33 heavy (non-hydrogen) atoms. The minimum atomic E-state index is -0.304. The Hall–Kier alpha value is -2.22. The summed E-state index contributed by atoms with van der Waals surface area (Å²) in [5, 5.41) is 1.25. The van der Waals surface area contributed by atoms with E-state index in [1.54, 1.807) is 6.92 Å². The third-order valence-electron chi connectivity index (χ3n) is 6.99. The van der Waals surface area contributed by atoms with Crippen molar-refractivity contribution in [3.05, 3.63) is 16.3 Å². The van der Waals surface area contributed by atoms with E-state index in [1.807, 2.05) is 16.2 Å². The molecule has 1 aliphatic heterocycles. The summed E-state index contributed by atoms with van der Waals surface area (Å²) in [6, 6.07) is 0. The standard InChI is InChI=1S/C25H36N4O3S/c1-5-17(4)23-26-24(22-18-8-7-16(3)15-19(18)33-25(22)27-23)29-13-11-28(12-14-29)20(30)9-10-21(31)32-6-2/h16-17H,5-15H2,1-4H3/t16-,17+/m0/s1. The predicted octanol–water partition coefficient (Wildman–Crippen LogP) is 4.32. The van der Waals surface area contributed by atoms with Crippen molar-refractivity contribution in [3.8, 4) is 0 Å². The number of carbonyl (C=O) groups excluding carboxylic acids is 2. The topological polar surface area (TPSA) is 75.6 Å². The van der Waals surface area contributed by atoms with E-state index < -0.39 is 0 Å². The molecule has 2 aromatic heterocycles. The van der Waals surface area contributed by atoms with Crippen LogP contribution in [0.3, 0.4) is 0 Å². The molecule has 1 fully saturated rings. The van der Waals surface area contributed by atoms with Gasteiger partial charge in [-0.15, -0.1) is 11.3 Å². The summed E-state index contributed by atoms with van der Waals surface area (Å²) in [4.78, 5) is 41.1. The molecule has 3 heterocycles. The average molecular weight is 473 g/mol. The van der Waals surface area contributed by atoms with Crippen LogP contribution in [0.25, 0.3) is 10.2 Å². The number of piperazine rings is 1. The number of amides is 1. The lowest BCUT2D eigenvalue weighted by molar-refractivity contribution is -0.145. The second-order valence-corrected chi connectivity index (χ2v) is 10.5. The number of carbonyl (C=O) groups is 2. The minimum absolute atomic E-state index is 0.0257. The maximum Gasteiger partial charge on any atom is 0.306 e.